The standard InChI is InChI=1S/C19H13BrClNS2/c20-12-7-8-15-19(10-12)24-18(13-4-1-2-5-14(13)21)11-16(22-15)17-6-3-9-23-17/h1-11,18,22H. The van der Waals surface area contributed by atoms with Gasteiger partial charge in [-0.25, -0.2) is 0 Å². The van der Waals surface area contributed by atoms with Gasteiger partial charge < -0.3 is 5.32 Å². The summed E-state index contributed by atoms with van der Waals surface area (Å²) in [7, 11) is 0. The van der Waals surface area contributed by atoms with E-state index in [2.05, 4.69) is 69.1 Å². The lowest BCUT2D eigenvalue weighted by Gasteiger charge is -2.14. The van der Waals surface area contributed by atoms with Crippen LogP contribution in [0.5, 0.6) is 0 Å². The van der Waals surface area contributed by atoms with Gasteiger partial charge in [0.25, 0.3) is 0 Å². The molecule has 0 bridgehead atoms. The van der Waals surface area contributed by atoms with Gasteiger partial charge in [-0.3, -0.25) is 0 Å². The first-order valence-corrected chi connectivity index (χ1v) is 10.4. The Kier molecular flexibility index (Phi) is 4.72. The van der Waals surface area contributed by atoms with Gasteiger partial charge in [0, 0.05) is 14.4 Å². The van der Waals surface area contributed by atoms with Crippen LogP contribution in [0.3, 0.4) is 0 Å². The van der Waals surface area contributed by atoms with Crippen LogP contribution in [0.15, 0.2) is 75.4 Å². The van der Waals surface area contributed by atoms with Crippen molar-refractivity contribution in [3.05, 3.63) is 86.0 Å². The molecule has 0 fully saturated rings. The predicted octanol–water partition coefficient (Wildman–Crippen LogP) is 7.46. The Morgan fingerprint density at radius 3 is 2.71 bits per heavy atom. The molecule has 1 unspecified atom stereocenters. The molecule has 0 radical (unpaired) electrons. The van der Waals surface area contributed by atoms with Gasteiger partial charge in [0.1, 0.15) is 0 Å². The van der Waals surface area contributed by atoms with E-state index in [1.54, 1.807) is 11.3 Å². The smallest absolute Gasteiger partial charge is 0.0563 e. The second-order valence-corrected chi connectivity index (χ2v) is 8.84. The molecule has 24 heavy (non-hydrogen) atoms. The summed E-state index contributed by atoms with van der Waals surface area (Å²) in [4.78, 5) is 2.43. The summed E-state index contributed by atoms with van der Waals surface area (Å²) in [5.41, 5.74) is 3.38. The maximum Gasteiger partial charge on any atom is 0.0563 e. The lowest BCUT2D eigenvalue weighted by atomic mass is 10.1. The molecule has 0 saturated heterocycles. The Morgan fingerprint density at radius 1 is 1.04 bits per heavy atom. The zero-order valence-corrected chi connectivity index (χ0v) is 16.5. The second kappa shape index (κ2) is 6.96. The van der Waals surface area contributed by atoms with Crippen LogP contribution in [0, 0.1) is 0 Å². The normalized spacial score (nSPS) is 16.8. The molecular weight excluding hydrogens is 422 g/mol. The number of benzene rings is 2. The van der Waals surface area contributed by atoms with Crippen molar-refractivity contribution in [2.75, 3.05) is 5.32 Å². The first kappa shape index (κ1) is 16.3. The van der Waals surface area contributed by atoms with E-state index in [4.69, 9.17) is 11.6 Å². The molecule has 4 rings (SSSR count). The van der Waals surface area contributed by atoms with Crippen LogP contribution in [-0.2, 0) is 0 Å². The molecule has 2 heterocycles. The fraction of sp³-hybridized carbons (Fsp3) is 0.0526. The maximum atomic E-state index is 6.47. The van der Waals surface area contributed by atoms with Gasteiger partial charge in [0.15, 0.2) is 0 Å². The number of halogens is 2. The van der Waals surface area contributed by atoms with Crippen molar-refractivity contribution in [2.45, 2.75) is 10.1 Å². The van der Waals surface area contributed by atoms with E-state index in [0.29, 0.717) is 0 Å². The minimum Gasteiger partial charge on any atom is -0.354 e. The third-order valence-electron chi connectivity index (χ3n) is 3.78. The minimum absolute atomic E-state index is 0.152. The predicted molar refractivity (Wildman–Crippen MR) is 110 cm³/mol. The van der Waals surface area contributed by atoms with Crippen molar-refractivity contribution in [2.24, 2.45) is 0 Å². The largest absolute Gasteiger partial charge is 0.354 e. The molecule has 0 saturated carbocycles. The quantitative estimate of drug-likeness (QED) is 0.449. The van der Waals surface area contributed by atoms with Crippen LogP contribution < -0.4 is 5.32 Å². The molecule has 0 aliphatic carbocycles. The highest BCUT2D eigenvalue weighted by Crippen LogP contribution is 2.47. The Hall–Kier alpha value is -1.20. The number of hydrogen-bond acceptors (Lipinski definition) is 3. The Balaban J connectivity index is 1.85. The average molecular weight is 435 g/mol. The van der Waals surface area contributed by atoms with Crippen molar-refractivity contribution in [3.8, 4) is 0 Å². The highest BCUT2D eigenvalue weighted by atomic mass is 79.9. The number of thioether (sulfide) groups is 1. The van der Waals surface area contributed by atoms with E-state index < -0.39 is 0 Å². The van der Waals surface area contributed by atoms with Gasteiger partial charge in [0.05, 0.1) is 21.5 Å². The highest BCUT2D eigenvalue weighted by Gasteiger charge is 2.21. The molecule has 0 amide bonds. The van der Waals surface area contributed by atoms with Crippen LogP contribution in [0.25, 0.3) is 5.70 Å². The first-order chi connectivity index (χ1) is 11.7. The molecule has 3 aromatic rings. The Labute approximate surface area is 162 Å². The monoisotopic (exact) mass is 433 g/mol. The van der Waals surface area contributed by atoms with Crippen LogP contribution >= 0.6 is 50.6 Å². The topological polar surface area (TPSA) is 12.0 Å². The maximum absolute atomic E-state index is 6.47. The third-order valence-corrected chi connectivity index (χ3v) is 6.76. The van der Waals surface area contributed by atoms with Crippen molar-refractivity contribution in [3.63, 3.8) is 0 Å². The van der Waals surface area contributed by atoms with E-state index in [1.807, 2.05) is 30.0 Å². The number of nitrogens with one attached hydrogen (secondary N) is 1. The van der Waals surface area contributed by atoms with E-state index in [9.17, 15) is 0 Å². The van der Waals surface area contributed by atoms with E-state index in [0.717, 1.165) is 26.4 Å². The SMILES string of the molecule is Clc1ccccc1C1C=C(c2cccs2)Nc2ccc(Br)cc2S1. The van der Waals surface area contributed by atoms with Gasteiger partial charge in [-0.05, 0) is 47.4 Å². The fourth-order valence-corrected chi connectivity index (χ4v) is 5.43. The summed E-state index contributed by atoms with van der Waals surface area (Å²) < 4.78 is 1.08. The van der Waals surface area contributed by atoms with Crippen LogP contribution in [0.2, 0.25) is 5.02 Å². The van der Waals surface area contributed by atoms with E-state index in [-0.39, 0.29) is 5.25 Å². The summed E-state index contributed by atoms with van der Waals surface area (Å²) in [6, 6.07) is 18.6. The van der Waals surface area contributed by atoms with Crippen LogP contribution in [0.1, 0.15) is 15.7 Å². The minimum atomic E-state index is 0.152. The first-order valence-electron chi connectivity index (χ1n) is 7.44. The number of rotatable bonds is 2. The number of hydrogen-bond donors (Lipinski definition) is 1. The van der Waals surface area contributed by atoms with Gasteiger partial charge in [0.2, 0.25) is 0 Å². The number of fused-ring (bicyclic) bond motifs is 1. The molecule has 1 aromatic heterocycles. The Bertz CT molecular complexity index is 905. The van der Waals surface area contributed by atoms with Gasteiger partial charge in [-0.15, -0.1) is 23.1 Å². The molecule has 2 aromatic carbocycles. The lowest BCUT2D eigenvalue weighted by Crippen LogP contribution is -1.97. The third kappa shape index (κ3) is 3.29. The number of anilines is 1. The molecule has 120 valence electrons. The summed E-state index contributed by atoms with van der Waals surface area (Å²) in [6.07, 6.45) is 2.27. The molecule has 5 heteroatoms. The van der Waals surface area contributed by atoms with E-state index in [1.165, 1.54) is 9.77 Å². The Morgan fingerprint density at radius 2 is 1.92 bits per heavy atom. The molecule has 1 aliphatic rings. The second-order valence-electron chi connectivity index (χ2n) is 5.38. The summed E-state index contributed by atoms with van der Waals surface area (Å²) in [6.45, 7) is 0. The van der Waals surface area contributed by atoms with E-state index >= 15 is 0 Å². The van der Waals surface area contributed by atoms with Gasteiger partial charge in [-0.2, -0.15) is 0 Å². The summed E-state index contributed by atoms with van der Waals surface area (Å²) >= 11 is 13.6. The average Bonchev–Trinajstić information content (AvgIpc) is 3.04. The highest BCUT2D eigenvalue weighted by molar-refractivity contribution is 9.10. The zero-order valence-electron chi connectivity index (χ0n) is 12.5. The molecule has 1 nitrogen and oxygen atoms in total. The van der Waals surface area contributed by atoms with Crippen molar-refractivity contribution in [1.82, 2.24) is 0 Å². The molecular formula is C19H13BrClNS2. The van der Waals surface area contributed by atoms with Crippen molar-refractivity contribution >= 4 is 62.0 Å². The fourth-order valence-electron chi connectivity index (χ4n) is 2.64. The molecule has 0 spiro atoms. The van der Waals surface area contributed by atoms with Crippen molar-refractivity contribution in [1.29, 1.82) is 0 Å². The zero-order chi connectivity index (χ0) is 16.5. The number of thiophene rings is 1. The molecule has 1 atom stereocenters. The lowest BCUT2D eigenvalue weighted by molar-refractivity contribution is 1.23. The van der Waals surface area contributed by atoms with Crippen molar-refractivity contribution < 1.29 is 0 Å². The molecule has 1 aliphatic heterocycles. The van der Waals surface area contributed by atoms with Gasteiger partial charge >= 0.3 is 0 Å². The van der Waals surface area contributed by atoms with Gasteiger partial charge in [-0.1, -0.05) is 51.8 Å². The van der Waals surface area contributed by atoms with Crippen LogP contribution in [-0.4, -0.2) is 0 Å². The van der Waals surface area contributed by atoms with Crippen LogP contribution in [0.4, 0.5) is 5.69 Å². The summed E-state index contributed by atoms with van der Waals surface area (Å²) in [5.74, 6) is 0. The summed E-state index contributed by atoms with van der Waals surface area (Å²) in [5, 5.41) is 6.65. The molecule has 1 N–H and O–H groups in total.